The molecular formula is C24H34O3. The number of ether oxygens (including phenoxy) is 1. The van der Waals surface area contributed by atoms with Crippen LogP contribution in [0, 0.1) is 28.6 Å². The standard InChI is InChI=1S/C24H34O3/c1-14-12-21-19-7-6-17-13-18(27-16(3)26)8-10-23(17,4)20(19)9-11-24(21,5)22(14)15(2)25/h6,18-21H,7-13H2,1-5H3/t18-,19+,20-,21-,23-,24-/m1/s1. The van der Waals surface area contributed by atoms with E-state index in [1.165, 1.54) is 24.5 Å². The summed E-state index contributed by atoms with van der Waals surface area (Å²) in [7, 11) is 0. The minimum atomic E-state index is -0.157. The molecule has 0 unspecified atom stereocenters. The quantitative estimate of drug-likeness (QED) is 0.483. The first-order valence-electron chi connectivity index (χ1n) is 10.7. The zero-order valence-electron chi connectivity index (χ0n) is 17.6. The molecule has 0 aliphatic heterocycles. The molecule has 3 nitrogen and oxygen atoms in total. The molecule has 0 bridgehead atoms. The van der Waals surface area contributed by atoms with Crippen molar-refractivity contribution >= 4 is 11.8 Å². The van der Waals surface area contributed by atoms with E-state index in [9.17, 15) is 9.59 Å². The van der Waals surface area contributed by atoms with Crippen LogP contribution in [-0.2, 0) is 14.3 Å². The molecule has 0 saturated heterocycles. The van der Waals surface area contributed by atoms with Gasteiger partial charge in [0.25, 0.3) is 0 Å². The van der Waals surface area contributed by atoms with E-state index in [1.54, 1.807) is 6.92 Å². The summed E-state index contributed by atoms with van der Waals surface area (Å²) in [6.07, 6.45) is 10.1. The smallest absolute Gasteiger partial charge is 0.302 e. The third-order valence-corrected chi connectivity index (χ3v) is 8.66. The van der Waals surface area contributed by atoms with Crippen LogP contribution in [0.25, 0.3) is 0 Å². The first-order chi connectivity index (χ1) is 12.7. The molecule has 148 valence electrons. The molecule has 4 aliphatic carbocycles. The summed E-state index contributed by atoms with van der Waals surface area (Å²) in [6.45, 7) is 10.3. The minimum Gasteiger partial charge on any atom is -0.462 e. The number of hydrogen-bond donors (Lipinski definition) is 0. The third kappa shape index (κ3) is 2.76. The Kier molecular flexibility index (Phi) is 4.44. The van der Waals surface area contributed by atoms with Crippen LogP contribution < -0.4 is 0 Å². The third-order valence-electron chi connectivity index (χ3n) is 8.66. The molecule has 0 aromatic carbocycles. The maximum Gasteiger partial charge on any atom is 0.302 e. The van der Waals surface area contributed by atoms with Gasteiger partial charge in [-0.15, -0.1) is 0 Å². The Hall–Kier alpha value is -1.38. The average Bonchev–Trinajstić information content (AvgIpc) is 2.85. The lowest BCUT2D eigenvalue weighted by Gasteiger charge is -2.57. The molecule has 0 aromatic rings. The second kappa shape index (κ2) is 6.32. The number of fused-ring (bicyclic) bond motifs is 5. The van der Waals surface area contributed by atoms with Gasteiger partial charge < -0.3 is 4.74 Å². The van der Waals surface area contributed by atoms with Gasteiger partial charge in [-0.25, -0.2) is 0 Å². The van der Waals surface area contributed by atoms with Crippen molar-refractivity contribution in [1.29, 1.82) is 0 Å². The Labute approximate surface area is 163 Å². The Morgan fingerprint density at radius 3 is 2.41 bits per heavy atom. The summed E-state index contributed by atoms with van der Waals surface area (Å²) in [4.78, 5) is 23.8. The summed E-state index contributed by atoms with van der Waals surface area (Å²) in [5, 5.41) is 0. The molecule has 0 N–H and O–H groups in total. The molecule has 0 spiro atoms. The zero-order valence-corrected chi connectivity index (χ0v) is 17.6. The summed E-state index contributed by atoms with van der Waals surface area (Å²) in [6, 6.07) is 0. The summed E-state index contributed by atoms with van der Waals surface area (Å²) in [5.74, 6) is 2.12. The van der Waals surface area contributed by atoms with Crippen molar-refractivity contribution in [3.8, 4) is 0 Å². The van der Waals surface area contributed by atoms with Crippen molar-refractivity contribution in [2.45, 2.75) is 85.7 Å². The number of allylic oxidation sites excluding steroid dienone is 3. The van der Waals surface area contributed by atoms with Crippen LogP contribution in [0.3, 0.4) is 0 Å². The topological polar surface area (TPSA) is 43.4 Å². The number of ketones is 1. The van der Waals surface area contributed by atoms with E-state index in [4.69, 9.17) is 4.74 Å². The first-order valence-corrected chi connectivity index (χ1v) is 10.7. The first kappa shape index (κ1) is 19.0. The molecule has 0 radical (unpaired) electrons. The number of carbonyl (C=O) groups is 2. The van der Waals surface area contributed by atoms with E-state index in [2.05, 4.69) is 26.8 Å². The highest BCUT2D eigenvalue weighted by Gasteiger charge is 2.58. The second-order valence-electron chi connectivity index (χ2n) is 10.1. The lowest BCUT2D eigenvalue weighted by molar-refractivity contribution is -0.148. The lowest BCUT2D eigenvalue weighted by Crippen LogP contribution is -2.50. The minimum absolute atomic E-state index is 0.0620. The van der Waals surface area contributed by atoms with Gasteiger partial charge in [0, 0.05) is 13.3 Å². The van der Waals surface area contributed by atoms with Gasteiger partial charge in [-0.3, -0.25) is 9.59 Å². The van der Waals surface area contributed by atoms with Gasteiger partial charge >= 0.3 is 5.97 Å². The van der Waals surface area contributed by atoms with Gasteiger partial charge in [-0.2, -0.15) is 0 Å². The van der Waals surface area contributed by atoms with Crippen molar-refractivity contribution in [2.24, 2.45) is 28.6 Å². The molecule has 2 fully saturated rings. The second-order valence-corrected chi connectivity index (χ2v) is 10.1. The van der Waals surface area contributed by atoms with Gasteiger partial charge in [0.2, 0.25) is 0 Å². The van der Waals surface area contributed by atoms with Crippen LogP contribution >= 0.6 is 0 Å². The predicted octanol–water partition coefficient (Wildman–Crippen LogP) is 5.40. The van der Waals surface area contributed by atoms with Crippen LogP contribution in [0.5, 0.6) is 0 Å². The highest BCUT2D eigenvalue weighted by molar-refractivity contribution is 5.96. The van der Waals surface area contributed by atoms with Crippen molar-refractivity contribution in [1.82, 2.24) is 0 Å². The lowest BCUT2D eigenvalue weighted by atomic mass is 9.47. The molecule has 0 heterocycles. The zero-order chi connectivity index (χ0) is 19.6. The maximum atomic E-state index is 12.4. The summed E-state index contributed by atoms with van der Waals surface area (Å²) < 4.78 is 5.54. The van der Waals surface area contributed by atoms with Gasteiger partial charge in [0.05, 0.1) is 0 Å². The van der Waals surface area contributed by atoms with Gasteiger partial charge in [0.15, 0.2) is 5.78 Å². The maximum absolute atomic E-state index is 12.4. The number of carbonyl (C=O) groups excluding carboxylic acids is 2. The van der Waals surface area contributed by atoms with Gasteiger partial charge in [0.1, 0.15) is 6.10 Å². The average molecular weight is 371 g/mol. The number of Topliss-reactive ketones (excluding diaryl/α,β-unsaturated/α-hetero) is 1. The van der Waals surface area contributed by atoms with Gasteiger partial charge in [-0.05, 0) is 86.5 Å². The van der Waals surface area contributed by atoms with Crippen LogP contribution in [-0.4, -0.2) is 17.9 Å². The Morgan fingerprint density at radius 1 is 1.04 bits per heavy atom. The van der Waals surface area contributed by atoms with E-state index < -0.39 is 0 Å². The van der Waals surface area contributed by atoms with Crippen molar-refractivity contribution in [3.63, 3.8) is 0 Å². The van der Waals surface area contributed by atoms with Crippen molar-refractivity contribution in [2.75, 3.05) is 0 Å². The van der Waals surface area contributed by atoms with E-state index in [0.717, 1.165) is 44.1 Å². The molecule has 4 rings (SSSR count). The predicted molar refractivity (Wildman–Crippen MR) is 106 cm³/mol. The SMILES string of the molecule is CC(=O)O[C@@H]1CC[C@]2(C)C(=CC[C@@H]3[C@H]4CC(C)=C(C(C)=O)[C@]4(C)CC[C@H]32)C1. The molecule has 0 aromatic heterocycles. The van der Waals surface area contributed by atoms with Crippen LogP contribution in [0.1, 0.15) is 79.6 Å². The fourth-order valence-electron chi connectivity index (χ4n) is 7.59. The Bertz CT molecular complexity index is 745. The number of hydrogen-bond acceptors (Lipinski definition) is 3. The fourth-order valence-corrected chi connectivity index (χ4v) is 7.59. The van der Waals surface area contributed by atoms with Crippen LogP contribution in [0.2, 0.25) is 0 Å². The largest absolute Gasteiger partial charge is 0.462 e. The Balaban J connectivity index is 1.62. The molecular weight excluding hydrogens is 336 g/mol. The monoisotopic (exact) mass is 370 g/mol. The van der Waals surface area contributed by atoms with Gasteiger partial charge in [-0.1, -0.05) is 31.1 Å². The van der Waals surface area contributed by atoms with E-state index in [-0.39, 0.29) is 28.7 Å². The molecule has 0 amide bonds. The van der Waals surface area contributed by atoms with E-state index >= 15 is 0 Å². The molecule has 27 heavy (non-hydrogen) atoms. The van der Waals surface area contributed by atoms with Crippen molar-refractivity contribution < 1.29 is 14.3 Å². The number of esters is 1. The molecule has 2 saturated carbocycles. The summed E-state index contributed by atoms with van der Waals surface area (Å²) in [5.41, 5.74) is 4.33. The van der Waals surface area contributed by atoms with Crippen molar-refractivity contribution in [3.05, 3.63) is 22.8 Å². The van der Waals surface area contributed by atoms with E-state index in [0.29, 0.717) is 17.8 Å². The Morgan fingerprint density at radius 2 is 1.74 bits per heavy atom. The summed E-state index contributed by atoms with van der Waals surface area (Å²) >= 11 is 0. The highest BCUT2D eigenvalue weighted by atomic mass is 16.5. The molecule has 3 heteroatoms. The highest BCUT2D eigenvalue weighted by Crippen LogP contribution is 2.66. The van der Waals surface area contributed by atoms with E-state index in [1.807, 2.05) is 0 Å². The van der Waals surface area contributed by atoms with Crippen LogP contribution in [0.15, 0.2) is 22.8 Å². The molecule has 4 aliphatic rings. The molecule has 6 atom stereocenters. The fraction of sp³-hybridized carbons (Fsp3) is 0.750. The van der Waals surface area contributed by atoms with Crippen LogP contribution in [0.4, 0.5) is 0 Å². The normalized spacial score (nSPS) is 43.4. The number of rotatable bonds is 2.